The van der Waals surface area contributed by atoms with Crippen molar-refractivity contribution in [3.05, 3.63) is 81.1 Å². The second kappa shape index (κ2) is 6.67. The van der Waals surface area contributed by atoms with Crippen LogP contribution in [0.2, 0.25) is 5.02 Å². The predicted octanol–water partition coefficient (Wildman–Crippen LogP) is 3.15. The van der Waals surface area contributed by atoms with Crippen LogP contribution in [0.3, 0.4) is 0 Å². The molecular weight excluding hydrogens is 312 g/mol. The van der Waals surface area contributed by atoms with Gasteiger partial charge >= 0.3 is 0 Å². The molecule has 0 aliphatic heterocycles. The van der Waals surface area contributed by atoms with Crippen molar-refractivity contribution in [2.75, 3.05) is 6.54 Å². The number of nitrogens with one attached hydrogen (secondary N) is 2. The standard InChI is InChI=1S/C18H15ClN2O2/c19-15-7-3-1-5-12(15)9-10-20-18(23)14-11-17(22)21-16-8-4-2-6-13(14)16/h1-8,11H,9-10H2,(H,20,23)(H,21,22). The van der Waals surface area contributed by atoms with Crippen molar-refractivity contribution in [1.29, 1.82) is 0 Å². The van der Waals surface area contributed by atoms with Crippen LogP contribution in [-0.4, -0.2) is 17.4 Å². The fourth-order valence-corrected chi connectivity index (χ4v) is 2.73. The SMILES string of the molecule is O=C(NCCc1ccccc1Cl)c1cc(=O)[nH]c2ccccc12. The number of hydrogen-bond donors (Lipinski definition) is 2. The first-order valence-electron chi connectivity index (χ1n) is 7.29. The molecule has 0 radical (unpaired) electrons. The normalized spacial score (nSPS) is 10.7. The van der Waals surface area contributed by atoms with E-state index >= 15 is 0 Å². The lowest BCUT2D eigenvalue weighted by molar-refractivity contribution is 0.0955. The number of para-hydroxylation sites is 1. The van der Waals surface area contributed by atoms with E-state index in [1.165, 1.54) is 6.07 Å². The van der Waals surface area contributed by atoms with Gasteiger partial charge in [-0.15, -0.1) is 0 Å². The Balaban J connectivity index is 1.76. The molecule has 23 heavy (non-hydrogen) atoms. The van der Waals surface area contributed by atoms with E-state index < -0.39 is 0 Å². The Labute approximate surface area is 138 Å². The van der Waals surface area contributed by atoms with Gasteiger partial charge in [-0.05, 0) is 24.1 Å². The van der Waals surface area contributed by atoms with E-state index in [-0.39, 0.29) is 11.5 Å². The summed E-state index contributed by atoms with van der Waals surface area (Å²) >= 11 is 6.10. The number of hydrogen-bond acceptors (Lipinski definition) is 2. The number of fused-ring (bicyclic) bond motifs is 1. The fraction of sp³-hybridized carbons (Fsp3) is 0.111. The van der Waals surface area contributed by atoms with Crippen LogP contribution in [-0.2, 0) is 6.42 Å². The van der Waals surface area contributed by atoms with Gasteiger partial charge in [0.25, 0.3) is 5.91 Å². The van der Waals surface area contributed by atoms with Crippen molar-refractivity contribution < 1.29 is 4.79 Å². The molecule has 4 nitrogen and oxygen atoms in total. The zero-order valence-electron chi connectivity index (χ0n) is 12.3. The van der Waals surface area contributed by atoms with Gasteiger partial charge in [-0.25, -0.2) is 0 Å². The Hall–Kier alpha value is -2.59. The topological polar surface area (TPSA) is 62.0 Å². The van der Waals surface area contributed by atoms with Gasteiger partial charge < -0.3 is 10.3 Å². The largest absolute Gasteiger partial charge is 0.352 e. The molecule has 116 valence electrons. The third kappa shape index (κ3) is 3.43. The quantitative estimate of drug-likeness (QED) is 0.773. The molecule has 3 rings (SSSR count). The summed E-state index contributed by atoms with van der Waals surface area (Å²) in [5.41, 5.74) is 1.71. The van der Waals surface area contributed by atoms with Crippen molar-refractivity contribution in [3.8, 4) is 0 Å². The third-order valence-electron chi connectivity index (χ3n) is 3.63. The Kier molecular flexibility index (Phi) is 4.44. The van der Waals surface area contributed by atoms with Gasteiger partial charge in [0.15, 0.2) is 0 Å². The predicted molar refractivity (Wildman–Crippen MR) is 92.1 cm³/mol. The van der Waals surface area contributed by atoms with Crippen LogP contribution >= 0.6 is 11.6 Å². The maximum absolute atomic E-state index is 12.4. The minimum absolute atomic E-state index is 0.264. The lowest BCUT2D eigenvalue weighted by Crippen LogP contribution is -2.27. The van der Waals surface area contributed by atoms with Gasteiger partial charge in [0.05, 0.1) is 5.56 Å². The van der Waals surface area contributed by atoms with Gasteiger partial charge in [-0.1, -0.05) is 48.0 Å². The second-order valence-electron chi connectivity index (χ2n) is 5.19. The van der Waals surface area contributed by atoms with Gasteiger partial charge in [0.1, 0.15) is 0 Å². The van der Waals surface area contributed by atoms with E-state index in [0.29, 0.717) is 29.1 Å². The van der Waals surface area contributed by atoms with Crippen molar-refractivity contribution in [2.45, 2.75) is 6.42 Å². The average Bonchev–Trinajstić information content (AvgIpc) is 2.55. The summed E-state index contributed by atoms with van der Waals surface area (Å²) in [6.45, 7) is 0.448. The molecule has 1 heterocycles. The number of pyridine rings is 1. The summed E-state index contributed by atoms with van der Waals surface area (Å²) in [5, 5.41) is 4.25. The van der Waals surface area contributed by atoms with Crippen LogP contribution in [0.5, 0.6) is 0 Å². The highest BCUT2D eigenvalue weighted by molar-refractivity contribution is 6.31. The van der Waals surface area contributed by atoms with E-state index in [9.17, 15) is 9.59 Å². The first-order chi connectivity index (χ1) is 11.1. The van der Waals surface area contributed by atoms with Crippen LogP contribution < -0.4 is 10.9 Å². The number of H-pyrrole nitrogens is 1. The molecule has 0 atom stereocenters. The van der Waals surface area contributed by atoms with Crippen LogP contribution in [0.4, 0.5) is 0 Å². The number of rotatable bonds is 4. The molecule has 5 heteroatoms. The van der Waals surface area contributed by atoms with Crippen molar-refractivity contribution in [1.82, 2.24) is 10.3 Å². The minimum atomic E-state index is -0.292. The van der Waals surface area contributed by atoms with Crippen LogP contribution in [0.25, 0.3) is 10.9 Å². The lowest BCUT2D eigenvalue weighted by Gasteiger charge is -2.08. The van der Waals surface area contributed by atoms with E-state index in [0.717, 1.165) is 10.9 Å². The smallest absolute Gasteiger partial charge is 0.252 e. The highest BCUT2D eigenvalue weighted by Gasteiger charge is 2.11. The molecule has 0 spiro atoms. The number of carbonyl (C=O) groups excluding carboxylic acids is 1. The van der Waals surface area contributed by atoms with Gasteiger partial charge in [-0.3, -0.25) is 9.59 Å². The van der Waals surface area contributed by atoms with Crippen molar-refractivity contribution in [3.63, 3.8) is 0 Å². The van der Waals surface area contributed by atoms with Gasteiger partial charge in [0.2, 0.25) is 5.56 Å². The second-order valence-corrected chi connectivity index (χ2v) is 5.60. The zero-order chi connectivity index (χ0) is 16.2. The zero-order valence-corrected chi connectivity index (χ0v) is 13.1. The molecule has 0 saturated heterocycles. The number of aromatic nitrogens is 1. The Morgan fingerprint density at radius 3 is 2.65 bits per heavy atom. The third-order valence-corrected chi connectivity index (χ3v) is 4.00. The molecular formula is C18H15ClN2O2. The van der Waals surface area contributed by atoms with E-state index in [1.54, 1.807) is 6.07 Å². The molecule has 0 saturated carbocycles. The average molecular weight is 327 g/mol. The number of amides is 1. The summed E-state index contributed by atoms with van der Waals surface area (Å²) < 4.78 is 0. The lowest BCUT2D eigenvalue weighted by atomic mass is 10.1. The van der Waals surface area contributed by atoms with E-state index in [2.05, 4.69) is 10.3 Å². The maximum atomic E-state index is 12.4. The molecule has 3 aromatic rings. The van der Waals surface area contributed by atoms with E-state index in [4.69, 9.17) is 11.6 Å². The van der Waals surface area contributed by atoms with E-state index in [1.807, 2.05) is 42.5 Å². The van der Waals surface area contributed by atoms with Crippen LogP contribution in [0.15, 0.2) is 59.4 Å². The Morgan fingerprint density at radius 1 is 1.09 bits per heavy atom. The summed E-state index contributed by atoms with van der Waals surface area (Å²) in [7, 11) is 0. The molecule has 0 fully saturated rings. The number of halogens is 1. The molecule has 0 aliphatic carbocycles. The summed E-state index contributed by atoms with van der Waals surface area (Å²) in [4.78, 5) is 26.8. The molecule has 0 aliphatic rings. The number of benzene rings is 2. The first kappa shape index (κ1) is 15.3. The molecule has 2 N–H and O–H groups in total. The molecule has 1 aromatic heterocycles. The van der Waals surface area contributed by atoms with Gasteiger partial charge in [-0.2, -0.15) is 0 Å². The molecule has 1 amide bonds. The summed E-state index contributed by atoms with van der Waals surface area (Å²) in [6.07, 6.45) is 0.631. The Morgan fingerprint density at radius 2 is 1.83 bits per heavy atom. The first-order valence-corrected chi connectivity index (χ1v) is 7.66. The van der Waals surface area contributed by atoms with Gasteiger partial charge in [0, 0.05) is 28.5 Å². The summed E-state index contributed by atoms with van der Waals surface area (Å²) in [6, 6.07) is 16.1. The fourth-order valence-electron chi connectivity index (χ4n) is 2.50. The highest BCUT2D eigenvalue weighted by Crippen LogP contribution is 2.16. The Bertz CT molecular complexity index is 918. The molecule has 0 unspecified atom stereocenters. The number of carbonyl (C=O) groups is 1. The minimum Gasteiger partial charge on any atom is -0.352 e. The van der Waals surface area contributed by atoms with Crippen molar-refractivity contribution in [2.24, 2.45) is 0 Å². The summed E-state index contributed by atoms with van der Waals surface area (Å²) in [5.74, 6) is -0.264. The van der Waals surface area contributed by atoms with Crippen molar-refractivity contribution >= 4 is 28.4 Å². The maximum Gasteiger partial charge on any atom is 0.252 e. The van der Waals surface area contributed by atoms with Crippen LogP contribution in [0.1, 0.15) is 15.9 Å². The highest BCUT2D eigenvalue weighted by atomic mass is 35.5. The molecule has 2 aromatic carbocycles. The molecule has 0 bridgehead atoms. The van der Waals surface area contributed by atoms with Crippen LogP contribution in [0, 0.1) is 0 Å². The number of aromatic amines is 1. The monoisotopic (exact) mass is 326 g/mol.